The lowest BCUT2D eigenvalue weighted by Gasteiger charge is -2.23. The molecule has 0 spiro atoms. The van der Waals surface area contributed by atoms with Gasteiger partial charge >= 0.3 is 18.0 Å². The minimum absolute atomic E-state index is 0.0307. The molecule has 2 heterocycles. The number of amides is 1. The first-order valence-corrected chi connectivity index (χ1v) is 8.22. The van der Waals surface area contributed by atoms with Gasteiger partial charge < -0.3 is 28.7 Å². The molecule has 0 aliphatic carbocycles. The standard InChI is InChI=1S/C11H16N2O5.C6H7NO3/c1-11(2,3)18-10(16)13(4)5-8-12-7(6-17-8)9(14)15;1-2-5-7-4(3-10-5)6(8)9/h6H,5H2,1-4H3,(H,14,15);3H,2H2,1H3,(H,8,9). The van der Waals surface area contributed by atoms with E-state index in [1.807, 2.05) is 6.92 Å². The fourth-order valence-electron chi connectivity index (χ4n) is 1.66. The predicted octanol–water partition coefficient (Wildman–Crippen LogP) is 2.67. The van der Waals surface area contributed by atoms with Gasteiger partial charge in [0.1, 0.15) is 24.7 Å². The fraction of sp³-hybridized carbons (Fsp3) is 0.471. The van der Waals surface area contributed by atoms with Crippen LogP contribution in [0, 0.1) is 0 Å². The number of carbonyl (C=O) groups is 3. The Labute approximate surface area is 160 Å². The Morgan fingerprint density at radius 2 is 1.50 bits per heavy atom. The molecule has 154 valence electrons. The molecule has 11 heteroatoms. The van der Waals surface area contributed by atoms with Crippen molar-refractivity contribution in [3.05, 3.63) is 35.7 Å². The molecule has 0 aromatic carbocycles. The summed E-state index contributed by atoms with van der Waals surface area (Å²) in [6, 6.07) is 0. The molecular weight excluding hydrogens is 374 g/mol. The molecule has 0 aliphatic heterocycles. The normalized spacial score (nSPS) is 10.6. The smallest absolute Gasteiger partial charge is 0.410 e. The number of carboxylic acids is 2. The number of nitrogens with zero attached hydrogens (tertiary/aromatic N) is 3. The van der Waals surface area contributed by atoms with Gasteiger partial charge in [-0.1, -0.05) is 6.92 Å². The molecule has 2 aromatic rings. The minimum Gasteiger partial charge on any atom is -0.476 e. The Bertz CT molecular complexity index is 818. The van der Waals surface area contributed by atoms with E-state index in [1.165, 1.54) is 11.9 Å². The Kier molecular flexibility index (Phi) is 7.72. The van der Waals surface area contributed by atoms with Crippen LogP contribution in [0.4, 0.5) is 4.79 Å². The maximum absolute atomic E-state index is 11.6. The number of rotatable bonds is 5. The fourth-order valence-corrected chi connectivity index (χ4v) is 1.66. The second kappa shape index (κ2) is 9.53. The van der Waals surface area contributed by atoms with Crippen molar-refractivity contribution in [1.82, 2.24) is 14.9 Å². The molecule has 2 N–H and O–H groups in total. The summed E-state index contributed by atoms with van der Waals surface area (Å²) in [7, 11) is 1.51. The van der Waals surface area contributed by atoms with Gasteiger partial charge in [-0.15, -0.1) is 0 Å². The van der Waals surface area contributed by atoms with E-state index in [1.54, 1.807) is 20.8 Å². The van der Waals surface area contributed by atoms with Crippen LogP contribution in [-0.4, -0.2) is 55.8 Å². The lowest BCUT2D eigenvalue weighted by Crippen LogP contribution is -2.33. The Morgan fingerprint density at radius 3 is 1.86 bits per heavy atom. The summed E-state index contributed by atoms with van der Waals surface area (Å²) in [5, 5.41) is 17.0. The van der Waals surface area contributed by atoms with Crippen molar-refractivity contribution in [3.8, 4) is 0 Å². The van der Waals surface area contributed by atoms with Gasteiger partial charge in [0.2, 0.25) is 5.89 Å². The Hall–Kier alpha value is -3.37. The van der Waals surface area contributed by atoms with E-state index in [-0.39, 0.29) is 23.8 Å². The van der Waals surface area contributed by atoms with Gasteiger partial charge in [0, 0.05) is 13.5 Å². The number of carbonyl (C=O) groups excluding carboxylic acids is 1. The van der Waals surface area contributed by atoms with E-state index in [4.69, 9.17) is 23.8 Å². The summed E-state index contributed by atoms with van der Waals surface area (Å²) in [5.74, 6) is -1.63. The molecule has 1 amide bonds. The van der Waals surface area contributed by atoms with Crippen LogP contribution in [-0.2, 0) is 17.7 Å². The van der Waals surface area contributed by atoms with E-state index in [0.29, 0.717) is 12.3 Å². The van der Waals surface area contributed by atoms with Crippen molar-refractivity contribution in [1.29, 1.82) is 0 Å². The SMILES string of the molecule is CCc1nc(C(=O)O)co1.CN(Cc1nc(C(=O)O)co1)C(=O)OC(C)(C)C. The Morgan fingerprint density at radius 1 is 1.04 bits per heavy atom. The highest BCUT2D eigenvalue weighted by Crippen LogP contribution is 2.11. The number of aromatic nitrogens is 2. The van der Waals surface area contributed by atoms with Crippen LogP contribution in [0.2, 0.25) is 0 Å². The zero-order valence-electron chi connectivity index (χ0n) is 16.3. The van der Waals surface area contributed by atoms with Crippen molar-refractivity contribution in [3.63, 3.8) is 0 Å². The van der Waals surface area contributed by atoms with Crippen LogP contribution in [0.1, 0.15) is 60.5 Å². The Balaban J connectivity index is 0.000000330. The van der Waals surface area contributed by atoms with E-state index in [0.717, 1.165) is 12.5 Å². The van der Waals surface area contributed by atoms with Gasteiger partial charge in [-0.25, -0.2) is 24.4 Å². The van der Waals surface area contributed by atoms with Gasteiger partial charge in [-0.05, 0) is 20.8 Å². The average Bonchev–Trinajstić information content (AvgIpc) is 3.23. The van der Waals surface area contributed by atoms with Crippen molar-refractivity contribution in [2.24, 2.45) is 0 Å². The van der Waals surface area contributed by atoms with E-state index >= 15 is 0 Å². The highest BCUT2D eigenvalue weighted by atomic mass is 16.6. The first-order chi connectivity index (χ1) is 12.9. The van der Waals surface area contributed by atoms with Crippen LogP contribution in [0.3, 0.4) is 0 Å². The molecule has 0 unspecified atom stereocenters. The molecule has 28 heavy (non-hydrogen) atoms. The molecule has 0 radical (unpaired) electrons. The largest absolute Gasteiger partial charge is 0.476 e. The van der Waals surface area contributed by atoms with Crippen molar-refractivity contribution >= 4 is 18.0 Å². The van der Waals surface area contributed by atoms with Crippen LogP contribution in [0.5, 0.6) is 0 Å². The quantitative estimate of drug-likeness (QED) is 0.768. The molecule has 0 atom stereocenters. The van der Waals surface area contributed by atoms with E-state index in [2.05, 4.69) is 9.97 Å². The zero-order valence-corrected chi connectivity index (χ0v) is 16.3. The molecule has 0 fully saturated rings. The summed E-state index contributed by atoms with van der Waals surface area (Å²) >= 11 is 0. The van der Waals surface area contributed by atoms with Crippen molar-refractivity contribution in [2.45, 2.75) is 46.3 Å². The maximum Gasteiger partial charge on any atom is 0.410 e. The van der Waals surface area contributed by atoms with Gasteiger partial charge in [-0.2, -0.15) is 0 Å². The summed E-state index contributed by atoms with van der Waals surface area (Å²) in [5.41, 5.74) is -0.812. The van der Waals surface area contributed by atoms with Crippen LogP contribution >= 0.6 is 0 Å². The minimum atomic E-state index is -1.18. The molecule has 11 nitrogen and oxygen atoms in total. The van der Waals surface area contributed by atoms with Crippen LogP contribution < -0.4 is 0 Å². The molecular formula is C17H23N3O8. The first kappa shape index (κ1) is 22.7. The number of oxazole rings is 2. The molecule has 2 rings (SSSR count). The lowest BCUT2D eigenvalue weighted by molar-refractivity contribution is 0.0271. The van der Waals surface area contributed by atoms with Crippen LogP contribution in [0.15, 0.2) is 21.4 Å². The molecule has 2 aromatic heterocycles. The number of hydrogen-bond acceptors (Lipinski definition) is 8. The third-order valence-corrected chi connectivity index (χ3v) is 2.92. The number of aryl methyl sites for hydroxylation is 1. The topological polar surface area (TPSA) is 156 Å². The summed E-state index contributed by atoms with van der Waals surface area (Å²) in [6.45, 7) is 7.16. The number of hydrogen-bond donors (Lipinski definition) is 2. The number of carboxylic acid groups (broad SMARTS) is 2. The maximum atomic E-state index is 11.6. The van der Waals surface area contributed by atoms with Crippen LogP contribution in [0.25, 0.3) is 0 Å². The molecule has 0 saturated carbocycles. The van der Waals surface area contributed by atoms with Gasteiger partial charge in [0.25, 0.3) is 0 Å². The first-order valence-electron chi connectivity index (χ1n) is 8.22. The molecule has 0 bridgehead atoms. The summed E-state index contributed by atoms with van der Waals surface area (Å²) in [6.07, 6.45) is 2.26. The second-order valence-corrected chi connectivity index (χ2v) is 6.55. The van der Waals surface area contributed by atoms with Crippen molar-refractivity contribution < 1.29 is 38.2 Å². The zero-order chi connectivity index (χ0) is 21.5. The molecule has 0 aliphatic rings. The monoisotopic (exact) mass is 397 g/mol. The predicted molar refractivity (Wildman–Crippen MR) is 94.0 cm³/mol. The second-order valence-electron chi connectivity index (χ2n) is 6.55. The van der Waals surface area contributed by atoms with Gasteiger partial charge in [0.05, 0.1) is 0 Å². The van der Waals surface area contributed by atoms with Crippen molar-refractivity contribution in [2.75, 3.05) is 7.05 Å². The summed E-state index contributed by atoms with van der Waals surface area (Å²) < 4.78 is 14.8. The van der Waals surface area contributed by atoms with E-state index in [9.17, 15) is 14.4 Å². The lowest BCUT2D eigenvalue weighted by atomic mass is 10.2. The highest BCUT2D eigenvalue weighted by molar-refractivity contribution is 5.85. The van der Waals surface area contributed by atoms with Gasteiger partial charge in [0.15, 0.2) is 17.3 Å². The van der Waals surface area contributed by atoms with Gasteiger partial charge in [-0.3, -0.25) is 0 Å². The van der Waals surface area contributed by atoms with E-state index < -0.39 is 23.6 Å². The number of ether oxygens (including phenoxy) is 1. The molecule has 0 saturated heterocycles. The number of aromatic carboxylic acids is 2. The third kappa shape index (κ3) is 7.48. The highest BCUT2D eigenvalue weighted by Gasteiger charge is 2.21. The summed E-state index contributed by atoms with van der Waals surface area (Å²) in [4.78, 5) is 41.1. The average molecular weight is 397 g/mol. The third-order valence-electron chi connectivity index (χ3n) is 2.92.